The number of carbonyl (C=O) groups excluding carboxylic acids is 2. The maximum absolute atomic E-state index is 11.6. The predicted octanol–water partition coefficient (Wildman–Crippen LogP) is 0.454. The molecule has 0 aromatic carbocycles. The van der Waals surface area contributed by atoms with Crippen molar-refractivity contribution in [3.63, 3.8) is 0 Å². The molecule has 114 valence electrons. The zero-order chi connectivity index (χ0) is 15.1. The summed E-state index contributed by atoms with van der Waals surface area (Å²) < 4.78 is 0. The van der Waals surface area contributed by atoms with Gasteiger partial charge in [-0.3, -0.25) is 4.79 Å². The topological polar surface area (TPSA) is 108 Å². The molecule has 1 rings (SSSR count). The number of carbonyl (C=O) groups is 3. The molecule has 2 unspecified atom stereocenters. The molecule has 0 aromatic heterocycles. The fraction of sp³-hybridized carbons (Fsp3) is 0.769. The Balaban J connectivity index is 2.23. The molecule has 1 aliphatic carbocycles. The van der Waals surface area contributed by atoms with Gasteiger partial charge in [-0.05, 0) is 18.8 Å². The lowest BCUT2D eigenvalue weighted by Gasteiger charge is -2.20. The van der Waals surface area contributed by atoms with Gasteiger partial charge in [0.25, 0.3) is 0 Å². The number of hydrogen-bond acceptors (Lipinski definition) is 3. The second-order valence-electron chi connectivity index (χ2n) is 5.19. The minimum absolute atomic E-state index is 0.0930. The molecule has 2 atom stereocenters. The number of carboxylic acid groups (broad SMARTS) is 1. The summed E-state index contributed by atoms with van der Waals surface area (Å²) in [5.74, 6) is -1.30. The Kier molecular flexibility index (Phi) is 6.27. The third-order valence-electron chi connectivity index (χ3n) is 3.35. The van der Waals surface area contributed by atoms with Crippen LogP contribution in [0, 0.1) is 5.92 Å². The van der Waals surface area contributed by atoms with Gasteiger partial charge >= 0.3 is 12.0 Å². The van der Waals surface area contributed by atoms with Crippen LogP contribution in [0.1, 0.15) is 39.5 Å². The molecule has 1 aliphatic rings. The molecule has 1 saturated carbocycles. The highest BCUT2D eigenvalue weighted by atomic mass is 16.4. The minimum atomic E-state index is -1.05. The summed E-state index contributed by atoms with van der Waals surface area (Å²) >= 11 is 0. The molecule has 7 nitrogen and oxygen atoms in total. The van der Waals surface area contributed by atoms with Crippen molar-refractivity contribution in [3.8, 4) is 0 Å². The average Bonchev–Trinajstić information content (AvgIpc) is 3.18. The van der Waals surface area contributed by atoms with Crippen LogP contribution in [0.3, 0.4) is 0 Å². The van der Waals surface area contributed by atoms with Crippen LogP contribution in [0.25, 0.3) is 0 Å². The van der Waals surface area contributed by atoms with Crippen LogP contribution >= 0.6 is 0 Å². The Morgan fingerprint density at radius 2 is 1.95 bits per heavy atom. The van der Waals surface area contributed by atoms with Gasteiger partial charge in [0.1, 0.15) is 6.04 Å². The van der Waals surface area contributed by atoms with E-state index in [0.717, 1.165) is 12.8 Å². The number of nitrogens with one attached hydrogen (secondary N) is 3. The molecule has 0 aliphatic heterocycles. The van der Waals surface area contributed by atoms with Crippen molar-refractivity contribution >= 4 is 17.9 Å². The van der Waals surface area contributed by atoms with Crippen LogP contribution in [0.15, 0.2) is 0 Å². The number of hydrogen-bond donors (Lipinski definition) is 4. The van der Waals surface area contributed by atoms with E-state index in [0.29, 0.717) is 12.5 Å². The van der Waals surface area contributed by atoms with E-state index in [1.165, 1.54) is 0 Å². The number of carboxylic acids is 1. The Labute approximate surface area is 118 Å². The Bertz CT molecular complexity index is 369. The predicted molar refractivity (Wildman–Crippen MR) is 73.2 cm³/mol. The smallest absolute Gasteiger partial charge is 0.326 e. The first kappa shape index (κ1) is 16.3. The minimum Gasteiger partial charge on any atom is -0.480 e. The first-order valence-electron chi connectivity index (χ1n) is 7.00. The molecule has 0 spiro atoms. The van der Waals surface area contributed by atoms with E-state index in [1.54, 1.807) is 6.92 Å². The van der Waals surface area contributed by atoms with Crippen LogP contribution in [-0.2, 0) is 9.59 Å². The van der Waals surface area contributed by atoms with Gasteiger partial charge in [-0.25, -0.2) is 9.59 Å². The van der Waals surface area contributed by atoms with Gasteiger partial charge in [0.2, 0.25) is 5.91 Å². The van der Waals surface area contributed by atoms with Crippen LogP contribution in [0.2, 0.25) is 0 Å². The van der Waals surface area contributed by atoms with Gasteiger partial charge in [0.05, 0.1) is 0 Å². The van der Waals surface area contributed by atoms with Crippen molar-refractivity contribution in [2.75, 3.05) is 6.54 Å². The van der Waals surface area contributed by atoms with E-state index in [9.17, 15) is 14.4 Å². The molecular weight excluding hydrogens is 262 g/mol. The monoisotopic (exact) mass is 285 g/mol. The van der Waals surface area contributed by atoms with Crippen molar-refractivity contribution in [1.82, 2.24) is 16.0 Å². The summed E-state index contributed by atoms with van der Waals surface area (Å²) in [5, 5.41) is 16.8. The lowest BCUT2D eigenvalue weighted by Crippen LogP contribution is -2.49. The van der Waals surface area contributed by atoms with Gasteiger partial charge in [-0.1, -0.05) is 20.3 Å². The molecule has 20 heavy (non-hydrogen) atoms. The largest absolute Gasteiger partial charge is 0.480 e. The first-order chi connectivity index (χ1) is 9.43. The van der Waals surface area contributed by atoms with Crippen molar-refractivity contribution in [3.05, 3.63) is 0 Å². The molecule has 0 heterocycles. The average molecular weight is 285 g/mol. The van der Waals surface area contributed by atoms with Crippen LogP contribution in [0.5, 0.6) is 0 Å². The Morgan fingerprint density at radius 1 is 1.30 bits per heavy atom. The Hall–Kier alpha value is -1.79. The Morgan fingerprint density at radius 3 is 2.45 bits per heavy atom. The quantitative estimate of drug-likeness (QED) is 0.519. The highest BCUT2D eigenvalue weighted by molar-refractivity contribution is 5.83. The standard InChI is InChI=1S/C13H23N3O4/c1-3-8(2)11(12(18)19)16-13(20)14-7-6-10(17)15-9-4-5-9/h8-9,11H,3-7H2,1-2H3,(H,15,17)(H,18,19)(H2,14,16,20). The third-order valence-corrected chi connectivity index (χ3v) is 3.35. The van der Waals surface area contributed by atoms with Crippen molar-refractivity contribution in [2.45, 2.75) is 51.6 Å². The third kappa shape index (κ3) is 5.90. The molecular formula is C13H23N3O4. The van der Waals surface area contributed by atoms with Gasteiger partial charge in [0.15, 0.2) is 0 Å². The maximum atomic E-state index is 11.6. The van der Waals surface area contributed by atoms with Gasteiger partial charge in [0, 0.05) is 19.0 Å². The summed E-state index contributed by atoms with van der Waals surface area (Å²) in [5.41, 5.74) is 0. The SMILES string of the molecule is CCC(C)C(NC(=O)NCCC(=O)NC1CC1)C(=O)O. The van der Waals surface area contributed by atoms with E-state index < -0.39 is 18.0 Å². The molecule has 0 bridgehead atoms. The summed E-state index contributed by atoms with van der Waals surface area (Å²) in [4.78, 5) is 34.0. The first-order valence-corrected chi connectivity index (χ1v) is 7.00. The second-order valence-corrected chi connectivity index (χ2v) is 5.19. The number of rotatable bonds is 8. The van der Waals surface area contributed by atoms with Crippen LogP contribution in [0.4, 0.5) is 4.79 Å². The summed E-state index contributed by atoms with van der Waals surface area (Å²) in [6, 6.07) is -1.17. The fourth-order valence-corrected chi connectivity index (χ4v) is 1.69. The molecule has 0 radical (unpaired) electrons. The fourth-order valence-electron chi connectivity index (χ4n) is 1.69. The normalized spacial score (nSPS) is 16.9. The van der Waals surface area contributed by atoms with Crippen LogP contribution in [-0.4, -0.2) is 41.6 Å². The lowest BCUT2D eigenvalue weighted by atomic mass is 9.99. The summed E-state index contributed by atoms with van der Waals surface area (Å²) in [7, 11) is 0. The maximum Gasteiger partial charge on any atom is 0.326 e. The molecule has 3 amide bonds. The molecule has 0 saturated heterocycles. The van der Waals surface area contributed by atoms with Crippen molar-refractivity contribution < 1.29 is 19.5 Å². The van der Waals surface area contributed by atoms with Gasteiger partial charge < -0.3 is 21.1 Å². The van der Waals surface area contributed by atoms with E-state index in [-0.39, 0.29) is 24.8 Å². The molecule has 0 aromatic rings. The zero-order valence-electron chi connectivity index (χ0n) is 11.9. The summed E-state index contributed by atoms with van der Waals surface area (Å²) in [6.07, 6.45) is 2.90. The highest BCUT2D eigenvalue weighted by Gasteiger charge is 2.25. The van der Waals surface area contributed by atoms with E-state index in [4.69, 9.17) is 5.11 Å². The van der Waals surface area contributed by atoms with Crippen molar-refractivity contribution in [2.24, 2.45) is 5.92 Å². The zero-order valence-corrected chi connectivity index (χ0v) is 11.9. The second kappa shape index (κ2) is 7.72. The molecule has 1 fully saturated rings. The van der Waals surface area contributed by atoms with Crippen molar-refractivity contribution in [1.29, 1.82) is 0 Å². The molecule has 7 heteroatoms. The van der Waals surface area contributed by atoms with E-state index in [1.807, 2.05) is 6.92 Å². The summed E-state index contributed by atoms with van der Waals surface area (Å²) in [6.45, 7) is 3.82. The van der Waals surface area contributed by atoms with E-state index >= 15 is 0 Å². The number of urea groups is 1. The molecule has 4 N–H and O–H groups in total. The number of amides is 3. The lowest BCUT2D eigenvalue weighted by molar-refractivity contribution is -0.140. The number of aliphatic carboxylic acids is 1. The van der Waals surface area contributed by atoms with Gasteiger partial charge in [-0.15, -0.1) is 0 Å². The van der Waals surface area contributed by atoms with E-state index in [2.05, 4.69) is 16.0 Å². The highest BCUT2D eigenvalue weighted by Crippen LogP contribution is 2.18. The van der Waals surface area contributed by atoms with Gasteiger partial charge in [-0.2, -0.15) is 0 Å². The van der Waals surface area contributed by atoms with Crippen LogP contribution < -0.4 is 16.0 Å².